The van der Waals surface area contributed by atoms with Crippen molar-refractivity contribution >= 4 is 41.8 Å². The molecule has 1 saturated heterocycles. The number of halogens is 1. The number of hydrogen-bond donors (Lipinski definition) is 2. The third-order valence-corrected chi connectivity index (χ3v) is 4.52. The van der Waals surface area contributed by atoms with Gasteiger partial charge in [-0.15, -0.1) is 24.0 Å². The highest BCUT2D eigenvalue weighted by Crippen LogP contribution is 2.04. The summed E-state index contributed by atoms with van der Waals surface area (Å²) in [6.45, 7) is 8.88. The van der Waals surface area contributed by atoms with Crippen molar-refractivity contribution in [3.05, 3.63) is 0 Å². The Kier molecular flexibility index (Phi) is 14.2. The number of likely N-dealkylation sites (N-methyl/N-ethyl adjacent to an activating group) is 1. The maximum atomic E-state index is 11.9. The third kappa shape index (κ3) is 10.4. The fourth-order valence-electron chi connectivity index (χ4n) is 2.51. The number of guanidine groups is 1. The maximum absolute atomic E-state index is 11.9. The predicted molar refractivity (Wildman–Crippen MR) is 122 cm³/mol. The summed E-state index contributed by atoms with van der Waals surface area (Å²) in [5.74, 6) is 0.761. The molecular weight excluding hydrogens is 475 g/mol. The number of carbonyl (C=O) groups is 2. The Hall–Kier alpha value is -1.14. The standard InChI is InChI=1S/C18H36N6O3.HI/c1-6-15(2)21-18(20-13-17(26)22(3)4)24-10-8-23(9-11-24)14-16(25)19-7-12-27-5;/h15H,6-14H2,1-5H3,(H,19,25)(H,20,21);1H. The van der Waals surface area contributed by atoms with Gasteiger partial charge in [0, 0.05) is 60.0 Å². The molecule has 1 atom stereocenters. The van der Waals surface area contributed by atoms with Gasteiger partial charge in [-0.3, -0.25) is 14.5 Å². The fourth-order valence-corrected chi connectivity index (χ4v) is 2.51. The van der Waals surface area contributed by atoms with E-state index in [-0.39, 0.29) is 48.4 Å². The largest absolute Gasteiger partial charge is 0.383 e. The highest BCUT2D eigenvalue weighted by Gasteiger charge is 2.22. The Bertz CT molecular complexity index is 496. The van der Waals surface area contributed by atoms with Crippen LogP contribution in [0.1, 0.15) is 20.3 Å². The molecule has 0 aromatic heterocycles. The van der Waals surface area contributed by atoms with Crippen LogP contribution in [0.5, 0.6) is 0 Å². The van der Waals surface area contributed by atoms with Gasteiger partial charge >= 0.3 is 0 Å². The molecule has 0 saturated carbocycles. The highest BCUT2D eigenvalue weighted by atomic mass is 127. The third-order valence-electron chi connectivity index (χ3n) is 4.52. The van der Waals surface area contributed by atoms with E-state index in [0.717, 1.165) is 38.6 Å². The van der Waals surface area contributed by atoms with Crippen LogP contribution in [0, 0.1) is 0 Å². The van der Waals surface area contributed by atoms with Crippen molar-refractivity contribution < 1.29 is 14.3 Å². The number of nitrogens with one attached hydrogen (secondary N) is 2. The Balaban J connectivity index is 0.00000729. The van der Waals surface area contributed by atoms with Gasteiger partial charge in [0.2, 0.25) is 11.8 Å². The second-order valence-electron chi connectivity index (χ2n) is 6.99. The van der Waals surface area contributed by atoms with E-state index in [9.17, 15) is 9.59 Å². The van der Waals surface area contributed by atoms with Crippen LogP contribution in [-0.4, -0.2) is 112 Å². The summed E-state index contributed by atoms with van der Waals surface area (Å²) in [5.41, 5.74) is 0. The molecule has 10 heteroatoms. The SMILES string of the molecule is CCC(C)NC(=NCC(=O)N(C)C)N1CCN(CC(=O)NCCOC)CC1.I. The first kappa shape index (κ1) is 26.9. The van der Waals surface area contributed by atoms with Crippen molar-refractivity contribution in [2.45, 2.75) is 26.3 Å². The molecule has 0 radical (unpaired) electrons. The molecule has 1 fully saturated rings. The smallest absolute Gasteiger partial charge is 0.243 e. The monoisotopic (exact) mass is 512 g/mol. The number of amides is 2. The topological polar surface area (TPSA) is 89.5 Å². The highest BCUT2D eigenvalue weighted by molar-refractivity contribution is 14.0. The minimum atomic E-state index is -0.0233. The summed E-state index contributed by atoms with van der Waals surface area (Å²) >= 11 is 0. The van der Waals surface area contributed by atoms with Gasteiger partial charge < -0.3 is 25.2 Å². The first-order valence-electron chi connectivity index (χ1n) is 9.61. The van der Waals surface area contributed by atoms with Crippen molar-refractivity contribution in [3.8, 4) is 0 Å². The van der Waals surface area contributed by atoms with Crippen molar-refractivity contribution in [1.82, 2.24) is 25.3 Å². The summed E-state index contributed by atoms with van der Waals surface area (Å²) in [5, 5.41) is 6.26. The number of ether oxygens (including phenoxy) is 1. The summed E-state index contributed by atoms with van der Waals surface area (Å²) in [6, 6.07) is 0.280. The summed E-state index contributed by atoms with van der Waals surface area (Å²) < 4.78 is 4.94. The van der Waals surface area contributed by atoms with Crippen LogP contribution in [-0.2, 0) is 14.3 Å². The zero-order chi connectivity index (χ0) is 20.2. The van der Waals surface area contributed by atoms with E-state index in [2.05, 4.69) is 39.3 Å². The van der Waals surface area contributed by atoms with E-state index in [4.69, 9.17) is 4.74 Å². The van der Waals surface area contributed by atoms with Crippen molar-refractivity contribution in [1.29, 1.82) is 0 Å². The maximum Gasteiger partial charge on any atom is 0.243 e. The average Bonchev–Trinajstić information content (AvgIpc) is 2.65. The van der Waals surface area contributed by atoms with Gasteiger partial charge in [-0.2, -0.15) is 0 Å². The molecular formula is C18H37IN6O3. The van der Waals surface area contributed by atoms with E-state index in [1.807, 2.05) is 0 Å². The number of aliphatic imine (C=N–C) groups is 1. The Morgan fingerprint density at radius 3 is 2.39 bits per heavy atom. The van der Waals surface area contributed by atoms with E-state index in [1.165, 1.54) is 0 Å². The number of piperazine rings is 1. The van der Waals surface area contributed by atoms with Crippen LogP contribution in [0.15, 0.2) is 4.99 Å². The molecule has 28 heavy (non-hydrogen) atoms. The normalized spacial score (nSPS) is 16.2. The first-order valence-corrected chi connectivity index (χ1v) is 9.61. The number of nitrogens with zero attached hydrogens (tertiary/aromatic N) is 4. The lowest BCUT2D eigenvalue weighted by molar-refractivity contribution is -0.127. The van der Waals surface area contributed by atoms with Gasteiger partial charge in [-0.25, -0.2) is 4.99 Å². The summed E-state index contributed by atoms with van der Waals surface area (Å²) in [6.07, 6.45) is 0.974. The van der Waals surface area contributed by atoms with Gasteiger partial charge in [0.15, 0.2) is 5.96 Å². The molecule has 2 N–H and O–H groups in total. The van der Waals surface area contributed by atoms with E-state index >= 15 is 0 Å². The molecule has 1 heterocycles. The predicted octanol–water partition coefficient (Wildman–Crippen LogP) is -0.183. The minimum absolute atomic E-state index is 0. The van der Waals surface area contributed by atoms with E-state index in [1.54, 1.807) is 26.1 Å². The molecule has 0 aromatic rings. The van der Waals surface area contributed by atoms with Gasteiger partial charge in [0.05, 0.1) is 13.2 Å². The van der Waals surface area contributed by atoms with Crippen molar-refractivity contribution in [2.24, 2.45) is 4.99 Å². The lowest BCUT2D eigenvalue weighted by atomic mass is 10.2. The van der Waals surface area contributed by atoms with Gasteiger partial charge in [0.1, 0.15) is 6.54 Å². The molecule has 0 bridgehead atoms. The molecule has 2 amide bonds. The zero-order valence-corrected chi connectivity index (χ0v) is 20.2. The number of hydrogen-bond acceptors (Lipinski definition) is 5. The van der Waals surface area contributed by atoms with Crippen LogP contribution in [0.3, 0.4) is 0 Å². The average molecular weight is 512 g/mol. The molecule has 1 rings (SSSR count). The molecule has 1 aliphatic rings. The number of rotatable bonds is 9. The fraction of sp³-hybridized carbons (Fsp3) is 0.833. The van der Waals surface area contributed by atoms with Gasteiger partial charge in [0.25, 0.3) is 0 Å². The Morgan fingerprint density at radius 2 is 1.86 bits per heavy atom. The van der Waals surface area contributed by atoms with Crippen LogP contribution in [0.2, 0.25) is 0 Å². The number of methoxy groups -OCH3 is 1. The molecule has 9 nitrogen and oxygen atoms in total. The van der Waals surface area contributed by atoms with Crippen LogP contribution in [0.25, 0.3) is 0 Å². The molecule has 164 valence electrons. The second kappa shape index (κ2) is 14.8. The van der Waals surface area contributed by atoms with E-state index < -0.39 is 0 Å². The van der Waals surface area contributed by atoms with Crippen LogP contribution >= 0.6 is 24.0 Å². The Morgan fingerprint density at radius 1 is 1.21 bits per heavy atom. The summed E-state index contributed by atoms with van der Waals surface area (Å²) in [4.78, 5) is 34.2. The van der Waals surface area contributed by atoms with Gasteiger partial charge in [-0.1, -0.05) is 6.92 Å². The van der Waals surface area contributed by atoms with Crippen molar-refractivity contribution in [3.63, 3.8) is 0 Å². The van der Waals surface area contributed by atoms with Crippen molar-refractivity contribution in [2.75, 3.05) is 73.6 Å². The molecule has 1 aliphatic heterocycles. The van der Waals surface area contributed by atoms with E-state index in [0.29, 0.717) is 19.7 Å². The molecule has 0 spiro atoms. The lowest BCUT2D eigenvalue weighted by Crippen LogP contribution is -2.55. The Labute approximate surface area is 186 Å². The number of carbonyl (C=O) groups excluding carboxylic acids is 2. The summed E-state index contributed by atoms with van der Waals surface area (Å²) in [7, 11) is 5.08. The van der Waals surface area contributed by atoms with Crippen LogP contribution < -0.4 is 10.6 Å². The first-order chi connectivity index (χ1) is 12.9. The second-order valence-corrected chi connectivity index (χ2v) is 6.99. The molecule has 0 aliphatic carbocycles. The minimum Gasteiger partial charge on any atom is -0.383 e. The van der Waals surface area contributed by atoms with Crippen LogP contribution in [0.4, 0.5) is 0 Å². The molecule has 0 aromatic carbocycles. The zero-order valence-electron chi connectivity index (χ0n) is 17.9. The quantitative estimate of drug-likeness (QED) is 0.193. The van der Waals surface area contributed by atoms with Gasteiger partial charge in [-0.05, 0) is 13.3 Å². The molecule has 1 unspecified atom stereocenters. The lowest BCUT2D eigenvalue weighted by Gasteiger charge is -2.37.